The van der Waals surface area contributed by atoms with Gasteiger partial charge < -0.3 is 5.73 Å². The second-order valence-electron chi connectivity index (χ2n) is 4.71. The molecule has 0 spiro atoms. The van der Waals surface area contributed by atoms with Crippen molar-refractivity contribution in [1.29, 1.82) is 0 Å². The number of rotatable bonds is 4. The van der Waals surface area contributed by atoms with E-state index < -0.39 is 17.7 Å². The molecule has 0 aliphatic rings. The molecule has 0 aliphatic carbocycles. The van der Waals surface area contributed by atoms with Crippen LogP contribution < -0.4 is 5.73 Å². The number of nitrogens with two attached hydrogens (primary N) is 1. The Kier molecular flexibility index (Phi) is 4.73. The number of halogens is 2. The smallest absolute Gasteiger partial charge is 0.128 e. The fourth-order valence-electron chi connectivity index (χ4n) is 1.94. The highest BCUT2D eigenvalue weighted by Crippen LogP contribution is 2.25. The highest BCUT2D eigenvalue weighted by molar-refractivity contribution is 7.99. The molecule has 2 N–H and O–H groups in total. The standard InChI is InChI=1S/C15H16F2N2S/c1-9-5-10(2)19-15(6-9)20-8-14(18)12-7-11(16)3-4-13(12)17/h3-7,14H,8,18H2,1-2H3. The van der Waals surface area contributed by atoms with E-state index in [9.17, 15) is 8.78 Å². The Balaban J connectivity index is 2.08. The van der Waals surface area contributed by atoms with Gasteiger partial charge in [0.2, 0.25) is 0 Å². The Morgan fingerprint density at radius 2 is 1.95 bits per heavy atom. The van der Waals surface area contributed by atoms with Gasteiger partial charge >= 0.3 is 0 Å². The van der Waals surface area contributed by atoms with E-state index >= 15 is 0 Å². The van der Waals surface area contributed by atoms with Gasteiger partial charge in [-0.3, -0.25) is 0 Å². The molecule has 1 aromatic carbocycles. The van der Waals surface area contributed by atoms with Crippen LogP contribution in [0, 0.1) is 25.5 Å². The summed E-state index contributed by atoms with van der Waals surface area (Å²) in [4.78, 5) is 4.38. The van der Waals surface area contributed by atoms with Crippen LogP contribution in [0.5, 0.6) is 0 Å². The number of aryl methyl sites for hydroxylation is 2. The average molecular weight is 294 g/mol. The monoisotopic (exact) mass is 294 g/mol. The molecule has 0 fully saturated rings. The van der Waals surface area contributed by atoms with E-state index in [-0.39, 0.29) is 5.56 Å². The van der Waals surface area contributed by atoms with Crippen LogP contribution in [-0.2, 0) is 0 Å². The lowest BCUT2D eigenvalue weighted by Gasteiger charge is -2.13. The number of aromatic nitrogens is 1. The predicted octanol–water partition coefficient (Wildman–Crippen LogP) is 3.77. The topological polar surface area (TPSA) is 38.9 Å². The van der Waals surface area contributed by atoms with Crippen LogP contribution in [0.15, 0.2) is 35.4 Å². The minimum atomic E-state index is -0.571. The molecule has 0 aliphatic heterocycles. The van der Waals surface area contributed by atoms with Gasteiger partial charge in [-0.1, -0.05) is 0 Å². The highest BCUT2D eigenvalue weighted by atomic mass is 32.2. The number of benzene rings is 1. The van der Waals surface area contributed by atoms with Crippen molar-refractivity contribution in [2.75, 3.05) is 5.75 Å². The zero-order valence-corrected chi connectivity index (χ0v) is 12.2. The predicted molar refractivity (Wildman–Crippen MR) is 77.7 cm³/mol. The van der Waals surface area contributed by atoms with E-state index in [0.717, 1.165) is 34.5 Å². The van der Waals surface area contributed by atoms with E-state index in [1.54, 1.807) is 0 Å². The van der Waals surface area contributed by atoms with Crippen molar-refractivity contribution in [1.82, 2.24) is 4.98 Å². The number of thioether (sulfide) groups is 1. The van der Waals surface area contributed by atoms with Crippen LogP contribution in [0.3, 0.4) is 0 Å². The summed E-state index contributed by atoms with van der Waals surface area (Å²) in [6.45, 7) is 3.91. The van der Waals surface area contributed by atoms with Gasteiger partial charge in [0.15, 0.2) is 0 Å². The van der Waals surface area contributed by atoms with Crippen molar-refractivity contribution in [2.24, 2.45) is 5.73 Å². The number of nitrogens with zero attached hydrogens (tertiary/aromatic N) is 1. The molecule has 0 radical (unpaired) electrons. The lowest BCUT2D eigenvalue weighted by atomic mass is 10.1. The molecule has 2 aromatic rings. The van der Waals surface area contributed by atoms with Crippen LogP contribution in [0.1, 0.15) is 22.9 Å². The summed E-state index contributed by atoms with van der Waals surface area (Å²) in [6, 6.07) is 6.70. The first-order valence-corrected chi connectivity index (χ1v) is 7.23. The fourth-order valence-corrected chi connectivity index (χ4v) is 2.95. The molecule has 20 heavy (non-hydrogen) atoms. The molecule has 0 saturated heterocycles. The van der Waals surface area contributed by atoms with Crippen molar-refractivity contribution in [3.8, 4) is 0 Å². The minimum absolute atomic E-state index is 0.196. The Hall–Kier alpha value is -1.46. The van der Waals surface area contributed by atoms with Crippen LogP contribution >= 0.6 is 11.8 Å². The zero-order chi connectivity index (χ0) is 14.7. The van der Waals surface area contributed by atoms with E-state index in [0.29, 0.717) is 5.75 Å². The summed E-state index contributed by atoms with van der Waals surface area (Å²) in [5.41, 5.74) is 8.17. The van der Waals surface area contributed by atoms with Crippen molar-refractivity contribution in [3.63, 3.8) is 0 Å². The lowest BCUT2D eigenvalue weighted by molar-refractivity contribution is 0.573. The molecular formula is C15H16F2N2S. The molecule has 1 aromatic heterocycles. The third-order valence-electron chi connectivity index (χ3n) is 2.84. The maximum atomic E-state index is 13.6. The van der Waals surface area contributed by atoms with Crippen molar-refractivity contribution in [3.05, 3.63) is 58.8 Å². The summed E-state index contributed by atoms with van der Waals surface area (Å²) < 4.78 is 26.7. The van der Waals surface area contributed by atoms with Crippen LogP contribution in [0.2, 0.25) is 0 Å². The largest absolute Gasteiger partial charge is 0.323 e. The van der Waals surface area contributed by atoms with Crippen LogP contribution in [0.4, 0.5) is 8.78 Å². The second-order valence-corrected chi connectivity index (χ2v) is 5.75. The zero-order valence-electron chi connectivity index (χ0n) is 11.4. The third kappa shape index (κ3) is 3.77. The maximum Gasteiger partial charge on any atom is 0.128 e. The van der Waals surface area contributed by atoms with E-state index in [2.05, 4.69) is 4.98 Å². The maximum absolute atomic E-state index is 13.6. The molecule has 2 nitrogen and oxygen atoms in total. The van der Waals surface area contributed by atoms with Gasteiger partial charge in [-0.25, -0.2) is 13.8 Å². The molecule has 0 saturated carbocycles. The average Bonchev–Trinajstić information content (AvgIpc) is 2.38. The summed E-state index contributed by atoms with van der Waals surface area (Å²) in [5, 5.41) is 0.842. The molecule has 106 valence electrons. The first-order valence-electron chi connectivity index (χ1n) is 6.24. The Labute approximate surface area is 121 Å². The first-order chi connectivity index (χ1) is 9.45. The molecular weight excluding hydrogens is 278 g/mol. The van der Waals surface area contributed by atoms with Crippen LogP contribution in [-0.4, -0.2) is 10.7 Å². The summed E-state index contributed by atoms with van der Waals surface area (Å²) >= 11 is 1.44. The molecule has 0 bridgehead atoms. The molecule has 1 unspecified atom stereocenters. The van der Waals surface area contributed by atoms with Gasteiger partial charge in [0.05, 0.1) is 5.03 Å². The van der Waals surface area contributed by atoms with Gasteiger partial charge in [0, 0.05) is 23.1 Å². The Bertz CT molecular complexity index is 597. The molecule has 1 heterocycles. The van der Waals surface area contributed by atoms with Crippen molar-refractivity contribution >= 4 is 11.8 Å². The van der Waals surface area contributed by atoms with E-state index in [1.165, 1.54) is 11.8 Å². The number of hydrogen-bond acceptors (Lipinski definition) is 3. The summed E-state index contributed by atoms with van der Waals surface area (Å²) in [6.07, 6.45) is 0. The molecule has 5 heteroatoms. The summed E-state index contributed by atoms with van der Waals surface area (Å²) in [5.74, 6) is -0.518. The lowest BCUT2D eigenvalue weighted by Crippen LogP contribution is -2.15. The number of hydrogen-bond donors (Lipinski definition) is 1. The Morgan fingerprint density at radius 1 is 1.20 bits per heavy atom. The molecule has 2 rings (SSSR count). The minimum Gasteiger partial charge on any atom is -0.323 e. The van der Waals surface area contributed by atoms with Crippen molar-refractivity contribution in [2.45, 2.75) is 24.9 Å². The van der Waals surface area contributed by atoms with Gasteiger partial charge in [0.1, 0.15) is 11.6 Å². The molecule has 0 amide bonds. The van der Waals surface area contributed by atoms with E-state index in [4.69, 9.17) is 5.73 Å². The normalized spacial score (nSPS) is 12.4. The van der Waals surface area contributed by atoms with Gasteiger partial charge in [-0.15, -0.1) is 11.8 Å². The van der Waals surface area contributed by atoms with Crippen molar-refractivity contribution < 1.29 is 8.78 Å². The Morgan fingerprint density at radius 3 is 2.65 bits per heavy atom. The van der Waals surface area contributed by atoms with Gasteiger partial charge in [-0.2, -0.15) is 0 Å². The SMILES string of the molecule is Cc1cc(C)nc(SCC(N)c2cc(F)ccc2F)c1. The van der Waals surface area contributed by atoms with E-state index in [1.807, 2.05) is 26.0 Å². The third-order valence-corrected chi connectivity index (χ3v) is 3.87. The van der Waals surface area contributed by atoms with Gasteiger partial charge in [-0.05, 0) is 49.7 Å². The second kappa shape index (κ2) is 6.33. The summed E-state index contributed by atoms with van der Waals surface area (Å²) in [7, 11) is 0. The first kappa shape index (κ1) is 14.9. The number of pyridine rings is 1. The van der Waals surface area contributed by atoms with Crippen LogP contribution in [0.25, 0.3) is 0 Å². The quantitative estimate of drug-likeness (QED) is 0.872. The van der Waals surface area contributed by atoms with Gasteiger partial charge in [0.25, 0.3) is 0 Å². The highest BCUT2D eigenvalue weighted by Gasteiger charge is 2.13. The molecule has 1 atom stereocenters. The fraction of sp³-hybridized carbons (Fsp3) is 0.267.